The number of aromatic nitrogens is 3. The number of hydrogen-bond acceptors (Lipinski definition) is 7. The second-order valence-electron chi connectivity index (χ2n) is 8.51. The second-order valence-corrected chi connectivity index (χ2v) is 8.51. The van der Waals surface area contributed by atoms with Gasteiger partial charge in [-0.25, -0.2) is 14.1 Å². The lowest BCUT2D eigenvalue weighted by Crippen LogP contribution is -2.55. The summed E-state index contributed by atoms with van der Waals surface area (Å²) in [6.07, 6.45) is 1.24. The number of fused-ring (bicyclic) bond motifs is 1. The van der Waals surface area contributed by atoms with Crippen LogP contribution in [0.1, 0.15) is 35.0 Å². The van der Waals surface area contributed by atoms with Gasteiger partial charge in [0.05, 0.1) is 59.0 Å². The third kappa shape index (κ3) is 3.51. The van der Waals surface area contributed by atoms with Gasteiger partial charge in [0.25, 0.3) is 5.91 Å². The van der Waals surface area contributed by atoms with Crippen LogP contribution in [0.4, 0.5) is 10.2 Å². The van der Waals surface area contributed by atoms with E-state index in [4.69, 9.17) is 0 Å². The number of amides is 1. The first-order chi connectivity index (χ1) is 15.8. The molecule has 2 aliphatic heterocycles. The van der Waals surface area contributed by atoms with E-state index >= 15 is 0 Å². The van der Waals surface area contributed by atoms with Crippen LogP contribution in [0.15, 0.2) is 36.5 Å². The van der Waals surface area contributed by atoms with Crippen molar-refractivity contribution in [3.63, 3.8) is 0 Å². The molecule has 0 bridgehead atoms. The minimum absolute atomic E-state index is 0.0665. The molecule has 2 atom stereocenters. The summed E-state index contributed by atoms with van der Waals surface area (Å²) >= 11 is 0. The Labute approximate surface area is 188 Å². The first kappa shape index (κ1) is 21.1. The molecule has 1 amide bonds. The summed E-state index contributed by atoms with van der Waals surface area (Å²) in [7, 11) is 0. The highest BCUT2D eigenvalue weighted by Gasteiger charge is 2.37. The van der Waals surface area contributed by atoms with E-state index in [2.05, 4.69) is 15.4 Å². The van der Waals surface area contributed by atoms with E-state index in [0.717, 1.165) is 0 Å². The maximum atomic E-state index is 14.7. The molecule has 5 rings (SSSR count). The number of piperidine rings is 1. The van der Waals surface area contributed by atoms with E-state index in [-0.39, 0.29) is 35.8 Å². The Bertz CT molecular complexity index is 1310. The summed E-state index contributed by atoms with van der Waals surface area (Å²) in [6, 6.07) is 9.52. The Morgan fingerprint density at radius 2 is 2.15 bits per heavy atom. The van der Waals surface area contributed by atoms with E-state index in [9.17, 15) is 24.7 Å². The molecule has 10 heteroatoms. The quantitative estimate of drug-likeness (QED) is 0.554. The predicted molar refractivity (Wildman–Crippen MR) is 116 cm³/mol. The first-order valence-electron chi connectivity index (χ1n) is 10.5. The van der Waals surface area contributed by atoms with Crippen molar-refractivity contribution in [3.8, 4) is 23.0 Å². The van der Waals surface area contributed by atoms with Gasteiger partial charge in [0.2, 0.25) is 0 Å². The molecule has 1 fully saturated rings. The zero-order valence-electron chi connectivity index (χ0n) is 17.8. The molecule has 33 heavy (non-hydrogen) atoms. The zero-order valence-corrected chi connectivity index (χ0v) is 17.8. The number of halogens is 1. The summed E-state index contributed by atoms with van der Waals surface area (Å²) < 4.78 is 16.2. The number of nitrogens with zero attached hydrogens (tertiary/aromatic N) is 5. The second kappa shape index (κ2) is 7.65. The van der Waals surface area contributed by atoms with Gasteiger partial charge in [-0.2, -0.15) is 10.4 Å². The molecule has 0 aliphatic carbocycles. The van der Waals surface area contributed by atoms with Crippen LogP contribution in [0.5, 0.6) is 0 Å². The molecule has 0 unspecified atom stereocenters. The normalized spacial score (nSPS) is 22.1. The van der Waals surface area contributed by atoms with Gasteiger partial charge in [0.1, 0.15) is 11.4 Å². The molecule has 0 saturated carbocycles. The van der Waals surface area contributed by atoms with Crippen molar-refractivity contribution in [3.05, 3.63) is 59.2 Å². The van der Waals surface area contributed by atoms with E-state index in [1.165, 1.54) is 22.9 Å². The van der Waals surface area contributed by atoms with Crippen LogP contribution in [0, 0.1) is 17.1 Å². The number of carbonyl (C=O) groups excluding carboxylic acids is 1. The van der Waals surface area contributed by atoms with Gasteiger partial charge in [-0.15, -0.1) is 0 Å². The average molecular weight is 448 g/mol. The molecule has 9 nitrogen and oxygen atoms in total. The third-order valence-corrected chi connectivity index (χ3v) is 6.15. The minimum Gasteiger partial charge on any atom is -0.390 e. The summed E-state index contributed by atoms with van der Waals surface area (Å²) in [5.74, 6) is -0.328. The SMILES string of the molecule is C[C@]1(O)CN(c2ccn(-c3cc(-c4c(F)cccc4C#N)nc4c3C(=O)NC4)n2)CC[C@H]1O. The fourth-order valence-corrected chi connectivity index (χ4v) is 4.37. The highest BCUT2D eigenvalue weighted by molar-refractivity contribution is 6.01. The van der Waals surface area contributed by atoms with E-state index in [0.29, 0.717) is 35.7 Å². The van der Waals surface area contributed by atoms with Crippen molar-refractivity contribution in [1.29, 1.82) is 5.26 Å². The Morgan fingerprint density at radius 1 is 1.33 bits per heavy atom. The topological polar surface area (TPSA) is 127 Å². The summed E-state index contributed by atoms with van der Waals surface area (Å²) in [6.45, 7) is 2.47. The third-order valence-electron chi connectivity index (χ3n) is 6.15. The number of carbonyl (C=O) groups is 1. The van der Waals surface area contributed by atoms with Gasteiger partial charge < -0.3 is 20.4 Å². The van der Waals surface area contributed by atoms with Crippen LogP contribution >= 0.6 is 0 Å². The largest absolute Gasteiger partial charge is 0.390 e. The van der Waals surface area contributed by atoms with Crippen LogP contribution in [-0.4, -0.2) is 55.7 Å². The molecule has 4 heterocycles. The molecular weight excluding hydrogens is 427 g/mol. The van der Waals surface area contributed by atoms with Gasteiger partial charge in [-0.05, 0) is 31.5 Å². The molecule has 3 N–H and O–H groups in total. The Hall–Kier alpha value is -3.81. The van der Waals surface area contributed by atoms with Gasteiger partial charge in [0.15, 0.2) is 5.82 Å². The standard InChI is InChI=1S/C23H21FN6O3/c1-23(33)12-29(7-5-18(23)31)19-6-8-30(28-19)17-9-15(27-16-11-26-22(32)21(16)17)20-13(10-25)3-2-4-14(20)24/h2-4,6,8-9,18,31,33H,5,7,11-12H2,1H3,(H,26,32)/t18-,23+/m1/s1. The number of aliphatic hydroxyl groups excluding tert-OH is 1. The van der Waals surface area contributed by atoms with Crippen molar-refractivity contribution in [2.45, 2.75) is 31.6 Å². The molecular formula is C23H21FN6O3. The molecule has 3 aromatic rings. The van der Waals surface area contributed by atoms with E-state index in [1.54, 1.807) is 25.3 Å². The Balaban J connectivity index is 1.60. The number of benzene rings is 1. The summed E-state index contributed by atoms with van der Waals surface area (Å²) in [5, 5.41) is 37.2. The average Bonchev–Trinajstić information content (AvgIpc) is 3.42. The van der Waals surface area contributed by atoms with Crippen molar-refractivity contribution < 1.29 is 19.4 Å². The fourth-order valence-electron chi connectivity index (χ4n) is 4.37. The first-order valence-corrected chi connectivity index (χ1v) is 10.5. The fraction of sp³-hybridized carbons (Fsp3) is 0.304. The predicted octanol–water partition coefficient (Wildman–Crippen LogP) is 1.51. The van der Waals surface area contributed by atoms with Crippen LogP contribution in [0.2, 0.25) is 0 Å². The number of aliphatic hydroxyl groups is 2. The number of anilines is 1. The maximum Gasteiger partial charge on any atom is 0.255 e. The van der Waals surface area contributed by atoms with Gasteiger partial charge >= 0.3 is 0 Å². The highest BCUT2D eigenvalue weighted by atomic mass is 19.1. The molecule has 0 spiro atoms. The van der Waals surface area contributed by atoms with Crippen LogP contribution in [-0.2, 0) is 6.54 Å². The van der Waals surface area contributed by atoms with Crippen molar-refractivity contribution >= 4 is 11.7 Å². The number of β-amino-alcohol motifs (C(OH)–C–C–N with tert-alkyl or cyclic N) is 1. The monoisotopic (exact) mass is 448 g/mol. The number of pyridine rings is 1. The summed E-state index contributed by atoms with van der Waals surface area (Å²) in [4.78, 5) is 18.9. The number of nitrogens with one attached hydrogen (secondary N) is 1. The maximum absolute atomic E-state index is 14.7. The Morgan fingerprint density at radius 3 is 2.91 bits per heavy atom. The van der Waals surface area contributed by atoms with Gasteiger partial charge in [-0.1, -0.05) is 6.07 Å². The highest BCUT2D eigenvalue weighted by Crippen LogP contribution is 2.32. The molecule has 0 radical (unpaired) electrons. The lowest BCUT2D eigenvalue weighted by Gasteiger charge is -2.40. The smallest absolute Gasteiger partial charge is 0.255 e. The van der Waals surface area contributed by atoms with Crippen molar-refractivity contribution in [2.24, 2.45) is 0 Å². The molecule has 168 valence electrons. The lowest BCUT2D eigenvalue weighted by molar-refractivity contribution is -0.0693. The number of rotatable bonds is 3. The van der Waals surface area contributed by atoms with E-state index < -0.39 is 17.5 Å². The summed E-state index contributed by atoms with van der Waals surface area (Å²) in [5.41, 5.74) is 0.358. The molecule has 1 aromatic carbocycles. The van der Waals surface area contributed by atoms with Crippen LogP contribution in [0.3, 0.4) is 0 Å². The van der Waals surface area contributed by atoms with Crippen molar-refractivity contribution in [2.75, 3.05) is 18.0 Å². The van der Waals surface area contributed by atoms with E-state index in [1.807, 2.05) is 11.0 Å². The van der Waals surface area contributed by atoms with Gasteiger partial charge in [-0.3, -0.25) is 4.79 Å². The zero-order chi connectivity index (χ0) is 23.3. The molecule has 1 saturated heterocycles. The number of nitriles is 1. The number of hydrogen-bond donors (Lipinski definition) is 3. The van der Waals surface area contributed by atoms with Gasteiger partial charge in [0, 0.05) is 18.8 Å². The molecule has 2 aromatic heterocycles. The Kier molecular flexibility index (Phi) is 4.88. The van der Waals surface area contributed by atoms with Crippen LogP contribution in [0.25, 0.3) is 16.9 Å². The van der Waals surface area contributed by atoms with Crippen molar-refractivity contribution in [1.82, 2.24) is 20.1 Å². The van der Waals surface area contributed by atoms with Crippen LogP contribution < -0.4 is 10.2 Å². The lowest BCUT2D eigenvalue weighted by atomic mass is 9.92. The molecule has 2 aliphatic rings. The minimum atomic E-state index is -1.27.